The first-order valence-electron chi connectivity index (χ1n) is 7.92. The summed E-state index contributed by atoms with van der Waals surface area (Å²) in [6.07, 6.45) is 0. The Labute approximate surface area is 158 Å². The van der Waals surface area contributed by atoms with E-state index in [2.05, 4.69) is 39.3 Å². The van der Waals surface area contributed by atoms with Crippen molar-refractivity contribution in [2.75, 3.05) is 7.11 Å². The number of ether oxygens (including phenoxy) is 1. The van der Waals surface area contributed by atoms with E-state index in [1.54, 1.807) is 23.1 Å². The number of hydrogen-bond acceptors (Lipinski definition) is 8. The molecule has 0 bridgehead atoms. The van der Waals surface area contributed by atoms with Crippen LogP contribution in [0.3, 0.4) is 0 Å². The van der Waals surface area contributed by atoms with Crippen molar-refractivity contribution in [3.63, 3.8) is 0 Å². The number of thiophene rings is 1. The van der Waals surface area contributed by atoms with E-state index >= 15 is 0 Å². The quantitative estimate of drug-likeness (QED) is 0.496. The summed E-state index contributed by atoms with van der Waals surface area (Å²) >= 11 is 3.12. The van der Waals surface area contributed by atoms with Gasteiger partial charge in [0.1, 0.15) is 27.1 Å². The lowest BCUT2D eigenvalue weighted by Crippen LogP contribution is -2.02. The molecule has 4 rings (SSSR count). The molecule has 9 heteroatoms. The van der Waals surface area contributed by atoms with Crippen LogP contribution >= 0.6 is 23.1 Å². The maximum atomic E-state index is 5.44. The van der Waals surface area contributed by atoms with Crippen LogP contribution in [0.25, 0.3) is 15.9 Å². The first-order chi connectivity index (χ1) is 12.6. The highest BCUT2D eigenvalue weighted by atomic mass is 32.2. The molecule has 0 spiro atoms. The Morgan fingerprint density at radius 1 is 1.12 bits per heavy atom. The topological polar surface area (TPSA) is 78.6 Å². The second kappa shape index (κ2) is 6.65. The monoisotopic (exact) mass is 384 g/mol. The highest BCUT2D eigenvalue weighted by molar-refractivity contribution is 7.99. The Hall–Kier alpha value is -2.52. The van der Waals surface area contributed by atoms with Crippen molar-refractivity contribution in [3.8, 4) is 11.4 Å². The molecule has 0 fully saturated rings. The molecular weight excluding hydrogens is 368 g/mol. The van der Waals surface area contributed by atoms with Crippen molar-refractivity contribution >= 4 is 33.3 Å². The van der Waals surface area contributed by atoms with Gasteiger partial charge in [0.2, 0.25) is 5.16 Å². The average Bonchev–Trinajstić information content (AvgIpc) is 3.19. The highest BCUT2D eigenvalue weighted by Gasteiger charge is 2.19. The molecule has 3 aromatic heterocycles. The SMILES string of the molecule is COc1ccccc1-n1nnnc1Sc1nc(C)nc2sc(C)c(C)c12. The molecule has 0 N–H and O–H groups in total. The summed E-state index contributed by atoms with van der Waals surface area (Å²) in [5.41, 5.74) is 1.98. The molecule has 4 aromatic rings. The minimum absolute atomic E-state index is 0.622. The summed E-state index contributed by atoms with van der Waals surface area (Å²) in [4.78, 5) is 11.5. The molecule has 26 heavy (non-hydrogen) atoms. The standard InChI is InChI=1S/C17H16N6OS2/c1-9-10(2)25-15-14(9)16(19-11(3)18-15)26-17-20-21-22-23(17)12-7-5-6-8-13(12)24-4/h5-8H,1-4H3. The van der Waals surface area contributed by atoms with Gasteiger partial charge in [0.05, 0.1) is 7.11 Å². The summed E-state index contributed by atoms with van der Waals surface area (Å²) < 4.78 is 7.10. The van der Waals surface area contributed by atoms with E-state index in [1.165, 1.54) is 22.2 Å². The average molecular weight is 384 g/mol. The lowest BCUT2D eigenvalue weighted by Gasteiger charge is -2.09. The Morgan fingerprint density at radius 2 is 1.92 bits per heavy atom. The third-order valence-electron chi connectivity index (χ3n) is 4.05. The molecule has 0 saturated heterocycles. The van der Waals surface area contributed by atoms with Crippen LogP contribution in [-0.2, 0) is 0 Å². The van der Waals surface area contributed by atoms with Gasteiger partial charge in [0, 0.05) is 10.3 Å². The van der Waals surface area contributed by atoms with Gasteiger partial charge < -0.3 is 4.74 Å². The van der Waals surface area contributed by atoms with Crippen LogP contribution < -0.4 is 4.74 Å². The first kappa shape index (κ1) is 16.9. The molecule has 0 atom stereocenters. The van der Waals surface area contributed by atoms with Gasteiger partial charge in [0.25, 0.3) is 0 Å². The normalized spacial score (nSPS) is 11.2. The Morgan fingerprint density at radius 3 is 2.73 bits per heavy atom. The number of fused-ring (bicyclic) bond motifs is 1. The number of aryl methyl sites for hydroxylation is 3. The van der Waals surface area contributed by atoms with Crippen molar-refractivity contribution < 1.29 is 4.74 Å². The number of methoxy groups -OCH3 is 1. The van der Waals surface area contributed by atoms with E-state index in [1.807, 2.05) is 31.2 Å². The molecule has 3 heterocycles. The molecular formula is C17H16N6OS2. The van der Waals surface area contributed by atoms with Gasteiger partial charge in [-0.25, -0.2) is 9.97 Å². The fourth-order valence-electron chi connectivity index (χ4n) is 2.67. The lowest BCUT2D eigenvalue weighted by molar-refractivity contribution is 0.410. The third-order valence-corrected chi connectivity index (χ3v) is 6.08. The summed E-state index contributed by atoms with van der Waals surface area (Å²) in [6, 6.07) is 7.63. The van der Waals surface area contributed by atoms with Gasteiger partial charge in [-0.2, -0.15) is 4.68 Å². The molecule has 7 nitrogen and oxygen atoms in total. The Balaban J connectivity index is 1.83. The third kappa shape index (κ3) is 2.82. The fraction of sp³-hybridized carbons (Fsp3) is 0.235. The van der Waals surface area contributed by atoms with Crippen LogP contribution in [-0.4, -0.2) is 37.3 Å². The van der Waals surface area contributed by atoms with E-state index in [0.717, 1.165) is 26.8 Å². The summed E-state index contributed by atoms with van der Waals surface area (Å²) in [6.45, 7) is 6.10. The zero-order chi connectivity index (χ0) is 18.3. The Kier molecular flexibility index (Phi) is 4.33. The summed E-state index contributed by atoms with van der Waals surface area (Å²) in [5, 5.41) is 14.7. The predicted molar refractivity (Wildman–Crippen MR) is 101 cm³/mol. The van der Waals surface area contributed by atoms with Crippen molar-refractivity contribution in [1.29, 1.82) is 0 Å². The zero-order valence-corrected chi connectivity index (χ0v) is 16.4. The largest absolute Gasteiger partial charge is 0.494 e. The van der Waals surface area contributed by atoms with Gasteiger partial charge in [-0.1, -0.05) is 12.1 Å². The molecule has 0 unspecified atom stereocenters. The van der Waals surface area contributed by atoms with Crippen molar-refractivity contribution in [2.45, 2.75) is 31.0 Å². The van der Waals surface area contributed by atoms with Crippen LogP contribution in [0.1, 0.15) is 16.3 Å². The summed E-state index contributed by atoms with van der Waals surface area (Å²) in [5.74, 6) is 1.44. The smallest absolute Gasteiger partial charge is 0.220 e. The number of aromatic nitrogens is 6. The first-order valence-corrected chi connectivity index (χ1v) is 9.55. The minimum Gasteiger partial charge on any atom is -0.494 e. The molecule has 1 aromatic carbocycles. The second-order valence-corrected chi connectivity index (χ2v) is 7.85. The summed E-state index contributed by atoms with van der Waals surface area (Å²) in [7, 11) is 1.63. The van der Waals surface area contributed by atoms with E-state index in [9.17, 15) is 0 Å². The van der Waals surface area contributed by atoms with E-state index < -0.39 is 0 Å². The minimum atomic E-state index is 0.622. The maximum absolute atomic E-state index is 5.44. The van der Waals surface area contributed by atoms with Crippen LogP contribution in [0.5, 0.6) is 5.75 Å². The van der Waals surface area contributed by atoms with Gasteiger partial charge >= 0.3 is 0 Å². The highest BCUT2D eigenvalue weighted by Crippen LogP contribution is 2.38. The number of tetrazole rings is 1. The lowest BCUT2D eigenvalue weighted by atomic mass is 10.2. The number of hydrogen-bond donors (Lipinski definition) is 0. The van der Waals surface area contributed by atoms with Gasteiger partial charge in [-0.05, 0) is 60.7 Å². The van der Waals surface area contributed by atoms with Crippen molar-refractivity contribution in [1.82, 2.24) is 30.2 Å². The fourth-order valence-corrected chi connectivity index (χ4v) is 4.81. The predicted octanol–water partition coefficient (Wildman–Crippen LogP) is 3.75. The van der Waals surface area contributed by atoms with Gasteiger partial charge in [0.15, 0.2) is 0 Å². The zero-order valence-electron chi connectivity index (χ0n) is 14.7. The number of para-hydroxylation sites is 2. The van der Waals surface area contributed by atoms with E-state index in [-0.39, 0.29) is 0 Å². The number of benzene rings is 1. The van der Waals surface area contributed by atoms with Gasteiger partial charge in [-0.3, -0.25) is 0 Å². The maximum Gasteiger partial charge on any atom is 0.220 e. The van der Waals surface area contributed by atoms with Gasteiger partial charge in [-0.15, -0.1) is 16.4 Å². The molecule has 0 aliphatic carbocycles. The number of nitrogens with zero attached hydrogens (tertiary/aromatic N) is 6. The van der Waals surface area contributed by atoms with Crippen LogP contribution in [0, 0.1) is 20.8 Å². The second-order valence-electron chi connectivity index (χ2n) is 5.69. The molecule has 0 aliphatic heterocycles. The van der Waals surface area contributed by atoms with E-state index in [4.69, 9.17) is 4.74 Å². The van der Waals surface area contributed by atoms with Crippen LogP contribution in [0.4, 0.5) is 0 Å². The molecule has 0 radical (unpaired) electrons. The Bertz CT molecular complexity index is 1100. The van der Waals surface area contributed by atoms with E-state index in [0.29, 0.717) is 10.9 Å². The van der Waals surface area contributed by atoms with Crippen LogP contribution in [0.15, 0.2) is 34.4 Å². The molecule has 0 saturated carbocycles. The molecule has 0 amide bonds. The van der Waals surface area contributed by atoms with Crippen molar-refractivity contribution in [2.24, 2.45) is 0 Å². The molecule has 132 valence electrons. The van der Waals surface area contributed by atoms with Crippen molar-refractivity contribution in [3.05, 3.63) is 40.5 Å². The number of rotatable bonds is 4. The van der Waals surface area contributed by atoms with Crippen LogP contribution in [0.2, 0.25) is 0 Å². The molecule has 0 aliphatic rings.